The van der Waals surface area contributed by atoms with E-state index >= 15 is 0 Å². The quantitative estimate of drug-likeness (QED) is 0.805. The minimum absolute atomic E-state index is 0.118. The second-order valence-corrected chi connectivity index (χ2v) is 6.32. The molecule has 0 bridgehead atoms. The first-order chi connectivity index (χ1) is 10.6. The molecule has 0 saturated carbocycles. The van der Waals surface area contributed by atoms with Crippen molar-refractivity contribution in [1.29, 1.82) is 0 Å². The second kappa shape index (κ2) is 8.08. The van der Waals surface area contributed by atoms with E-state index in [-0.39, 0.29) is 5.91 Å². The van der Waals surface area contributed by atoms with Crippen molar-refractivity contribution in [2.24, 2.45) is 5.92 Å². The molecule has 1 saturated heterocycles. The first kappa shape index (κ1) is 16.7. The van der Waals surface area contributed by atoms with Crippen molar-refractivity contribution < 1.29 is 4.79 Å². The molecule has 0 atom stereocenters. The van der Waals surface area contributed by atoms with Crippen LogP contribution in [-0.2, 0) is 0 Å². The number of carbonyl (C=O) groups is 1. The number of carbonyl (C=O) groups excluding carboxylic acids is 1. The van der Waals surface area contributed by atoms with Crippen molar-refractivity contribution in [2.75, 3.05) is 45.2 Å². The number of rotatable bonds is 6. The van der Waals surface area contributed by atoms with Gasteiger partial charge in [0, 0.05) is 25.8 Å². The summed E-state index contributed by atoms with van der Waals surface area (Å²) >= 11 is 0. The van der Waals surface area contributed by atoms with Gasteiger partial charge >= 0.3 is 0 Å². The Morgan fingerprint density at radius 3 is 2.82 bits per heavy atom. The van der Waals surface area contributed by atoms with Crippen LogP contribution in [0.5, 0.6) is 0 Å². The van der Waals surface area contributed by atoms with Crippen LogP contribution in [-0.4, -0.2) is 61.0 Å². The molecule has 6 heteroatoms. The molecule has 6 nitrogen and oxygen atoms in total. The van der Waals surface area contributed by atoms with E-state index in [9.17, 15) is 4.79 Å². The van der Waals surface area contributed by atoms with Crippen molar-refractivity contribution in [2.45, 2.75) is 26.2 Å². The van der Waals surface area contributed by atoms with Gasteiger partial charge in [-0.05, 0) is 51.9 Å². The minimum atomic E-state index is -0.118. The Hall–Kier alpha value is -1.69. The average Bonchev–Trinajstić information content (AvgIpc) is 2.52. The highest BCUT2D eigenvalue weighted by Gasteiger charge is 2.19. The van der Waals surface area contributed by atoms with E-state index in [4.69, 9.17) is 0 Å². The zero-order chi connectivity index (χ0) is 15.9. The molecule has 1 aliphatic rings. The molecule has 1 fully saturated rings. The Morgan fingerprint density at radius 2 is 2.14 bits per heavy atom. The Bertz CT molecular complexity index is 483. The maximum atomic E-state index is 12.1. The molecule has 2 heterocycles. The summed E-state index contributed by atoms with van der Waals surface area (Å²) in [6, 6.07) is 1.68. The molecule has 0 spiro atoms. The molecular weight excluding hydrogens is 278 g/mol. The molecule has 0 radical (unpaired) electrons. The maximum Gasteiger partial charge on any atom is 0.270 e. The number of amides is 1. The molecule has 1 aliphatic heterocycles. The number of aromatic nitrogens is 2. The van der Waals surface area contributed by atoms with Crippen LogP contribution < -0.4 is 10.2 Å². The largest absolute Gasteiger partial charge is 0.351 e. The van der Waals surface area contributed by atoms with E-state index in [0.717, 1.165) is 44.8 Å². The lowest BCUT2D eigenvalue weighted by Gasteiger charge is -2.30. The van der Waals surface area contributed by atoms with E-state index in [0.29, 0.717) is 18.2 Å². The highest BCUT2D eigenvalue weighted by atomic mass is 16.1. The van der Waals surface area contributed by atoms with Crippen LogP contribution in [0, 0.1) is 5.92 Å². The summed E-state index contributed by atoms with van der Waals surface area (Å²) in [5.74, 6) is 1.32. The topological polar surface area (TPSA) is 61.4 Å². The van der Waals surface area contributed by atoms with Crippen molar-refractivity contribution in [3.05, 3.63) is 18.0 Å². The Labute approximate surface area is 132 Å². The fraction of sp³-hybridized carbons (Fsp3) is 0.688. The first-order valence-electron chi connectivity index (χ1n) is 8.07. The second-order valence-electron chi connectivity index (χ2n) is 6.32. The number of piperidine rings is 1. The van der Waals surface area contributed by atoms with Gasteiger partial charge < -0.3 is 15.1 Å². The predicted molar refractivity (Wildman–Crippen MR) is 88.1 cm³/mol. The SMILES string of the molecule is CC1CCN(c2nccc(C(=O)NCCCN(C)C)n2)CC1. The molecule has 22 heavy (non-hydrogen) atoms. The van der Waals surface area contributed by atoms with Gasteiger partial charge in [-0.1, -0.05) is 6.92 Å². The minimum Gasteiger partial charge on any atom is -0.351 e. The van der Waals surface area contributed by atoms with Gasteiger partial charge in [0.2, 0.25) is 5.95 Å². The monoisotopic (exact) mass is 305 g/mol. The molecule has 1 aromatic heterocycles. The zero-order valence-electron chi connectivity index (χ0n) is 13.9. The van der Waals surface area contributed by atoms with E-state index in [2.05, 4.69) is 32.0 Å². The van der Waals surface area contributed by atoms with E-state index in [1.165, 1.54) is 0 Å². The fourth-order valence-electron chi connectivity index (χ4n) is 2.52. The molecule has 1 N–H and O–H groups in total. The van der Waals surface area contributed by atoms with Crippen LogP contribution in [0.25, 0.3) is 0 Å². The predicted octanol–water partition coefficient (Wildman–Crippen LogP) is 1.39. The Kier molecular flexibility index (Phi) is 6.12. The summed E-state index contributed by atoms with van der Waals surface area (Å²) in [5.41, 5.74) is 0.452. The summed E-state index contributed by atoms with van der Waals surface area (Å²) in [6.07, 6.45) is 4.92. The van der Waals surface area contributed by atoms with Gasteiger partial charge in [-0.2, -0.15) is 0 Å². The van der Waals surface area contributed by atoms with Gasteiger partial charge in [0.15, 0.2) is 0 Å². The fourth-order valence-corrected chi connectivity index (χ4v) is 2.52. The third kappa shape index (κ3) is 4.94. The normalized spacial score (nSPS) is 16.1. The van der Waals surface area contributed by atoms with E-state index in [1.54, 1.807) is 12.3 Å². The highest BCUT2D eigenvalue weighted by Crippen LogP contribution is 2.19. The van der Waals surface area contributed by atoms with Gasteiger partial charge in [-0.15, -0.1) is 0 Å². The van der Waals surface area contributed by atoms with E-state index in [1.807, 2.05) is 14.1 Å². The van der Waals surface area contributed by atoms with Gasteiger partial charge in [-0.25, -0.2) is 9.97 Å². The molecule has 0 aromatic carbocycles. The highest BCUT2D eigenvalue weighted by molar-refractivity contribution is 5.92. The number of nitrogens with zero attached hydrogens (tertiary/aromatic N) is 4. The lowest BCUT2D eigenvalue weighted by Crippen LogP contribution is -2.35. The summed E-state index contributed by atoms with van der Waals surface area (Å²) < 4.78 is 0. The summed E-state index contributed by atoms with van der Waals surface area (Å²) in [6.45, 7) is 5.83. The van der Waals surface area contributed by atoms with Crippen LogP contribution in [0.1, 0.15) is 36.7 Å². The van der Waals surface area contributed by atoms with Crippen LogP contribution in [0.3, 0.4) is 0 Å². The van der Waals surface area contributed by atoms with E-state index < -0.39 is 0 Å². The molecular formula is C16H27N5O. The lowest BCUT2D eigenvalue weighted by atomic mass is 10.00. The first-order valence-corrected chi connectivity index (χ1v) is 8.07. The van der Waals surface area contributed by atoms with Crippen molar-refractivity contribution >= 4 is 11.9 Å². The number of nitrogens with one attached hydrogen (secondary N) is 1. The van der Waals surface area contributed by atoms with Crippen LogP contribution in [0.4, 0.5) is 5.95 Å². The average molecular weight is 305 g/mol. The van der Waals surface area contributed by atoms with Crippen molar-refractivity contribution in [3.63, 3.8) is 0 Å². The summed E-state index contributed by atoms with van der Waals surface area (Å²) in [7, 11) is 4.05. The summed E-state index contributed by atoms with van der Waals surface area (Å²) in [4.78, 5) is 25.2. The molecule has 1 amide bonds. The van der Waals surface area contributed by atoms with Gasteiger partial charge in [0.05, 0.1) is 0 Å². The number of hydrogen-bond acceptors (Lipinski definition) is 5. The van der Waals surface area contributed by atoms with Gasteiger partial charge in [0.1, 0.15) is 5.69 Å². The number of anilines is 1. The maximum absolute atomic E-state index is 12.1. The van der Waals surface area contributed by atoms with Crippen molar-refractivity contribution in [1.82, 2.24) is 20.2 Å². The smallest absolute Gasteiger partial charge is 0.270 e. The molecule has 122 valence electrons. The Morgan fingerprint density at radius 1 is 1.41 bits per heavy atom. The molecule has 2 rings (SSSR count). The molecule has 0 aliphatic carbocycles. The van der Waals surface area contributed by atoms with Crippen LogP contribution >= 0.6 is 0 Å². The van der Waals surface area contributed by atoms with Gasteiger partial charge in [-0.3, -0.25) is 4.79 Å². The third-order valence-corrected chi connectivity index (χ3v) is 4.01. The Balaban J connectivity index is 1.89. The third-order valence-electron chi connectivity index (χ3n) is 4.01. The van der Waals surface area contributed by atoms with Gasteiger partial charge in [0.25, 0.3) is 5.91 Å². The molecule has 0 unspecified atom stereocenters. The zero-order valence-corrected chi connectivity index (χ0v) is 13.9. The van der Waals surface area contributed by atoms with Crippen LogP contribution in [0.2, 0.25) is 0 Å². The molecule has 1 aromatic rings. The van der Waals surface area contributed by atoms with Crippen molar-refractivity contribution in [3.8, 4) is 0 Å². The van der Waals surface area contributed by atoms with Crippen LogP contribution in [0.15, 0.2) is 12.3 Å². The number of hydrogen-bond donors (Lipinski definition) is 1. The lowest BCUT2D eigenvalue weighted by molar-refractivity contribution is 0.0947. The standard InChI is InChI=1S/C16H27N5O/c1-13-6-11-21(12-7-13)16-18-9-5-14(19-16)15(22)17-8-4-10-20(2)3/h5,9,13H,4,6-8,10-12H2,1-3H3,(H,17,22). The summed E-state index contributed by atoms with van der Waals surface area (Å²) in [5, 5.41) is 2.92.